The van der Waals surface area contributed by atoms with Gasteiger partial charge in [0.2, 0.25) is 5.91 Å². The van der Waals surface area contributed by atoms with Gasteiger partial charge in [0.1, 0.15) is 13.2 Å². The van der Waals surface area contributed by atoms with Gasteiger partial charge in [-0.25, -0.2) is 4.98 Å². The Balaban J connectivity index is 1.56. The fourth-order valence-electron chi connectivity index (χ4n) is 3.34. The van der Waals surface area contributed by atoms with Crippen LogP contribution in [0.2, 0.25) is 0 Å². The molecule has 2 aromatic carbocycles. The number of benzene rings is 2. The molecule has 1 N–H and O–H groups in total. The lowest BCUT2D eigenvalue weighted by Crippen LogP contribution is -2.28. The van der Waals surface area contributed by atoms with Crippen molar-refractivity contribution in [3.8, 4) is 11.5 Å². The van der Waals surface area contributed by atoms with Crippen molar-refractivity contribution in [3.63, 3.8) is 0 Å². The Morgan fingerprint density at radius 2 is 1.87 bits per heavy atom. The summed E-state index contributed by atoms with van der Waals surface area (Å²) in [5, 5.41) is 3.58. The summed E-state index contributed by atoms with van der Waals surface area (Å²) in [5.74, 6) is 1.37. The molecule has 0 aliphatic carbocycles. The Bertz CT molecular complexity index is 1180. The van der Waals surface area contributed by atoms with Crippen LogP contribution in [0.5, 0.6) is 11.5 Å². The van der Waals surface area contributed by atoms with E-state index >= 15 is 0 Å². The molecule has 1 atom stereocenters. The molecule has 0 spiro atoms. The first-order valence-corrected chi connectivity index (χ1v) is 11.2. The lowest BCUT2D eigenvalue weighted by atomic mass is 10.2. The molecule has 1 amide bonds. The quantitative estimate of drug-likeness (QED) is 0.463. The largest absolute Gasteiger partial charge is 0.486 e. The van der Waals surface area contributed by atoms with Gasteiger partial charge in [0.15, 0.2) is 16.7 Å². The number of thioether (sulfide) groups is 1. The lowest BCUT2D eigenvalue weighted by molar-refractivity contribution is -0.115. The third-order valence-electron chi connectivity index (χ3n) is 4.84. The van der Waals surface area contributed by atoms with Crippen molar-refractivity contribution in [1.29, 1.82) is 0 Å². The second-order valence-corrected chi connectivity index (χ2v) is 9.14. The Labute approximate surface area is 184 Å². The summed E-state index contributed by atoms with van der Waals surface area (Å²) >= 11 is 1.28. The number of rotatable bonds is 6. The molecular formula is C23H25N3O4S. The minimum Gasteiger partial charge on any atom is -0.486 e. The van der Waals surface area contributed by atoms with Crippen LogP contribution >= 0.6 is 11.8 Å². The first-order chi connectivity index (χ1) is 14.9. The molecule has 2 heterocycles. The number of hydrogen-bond acceptors (Lipinski definition) is 6. The molecule has 3 aromatic rings. The number of hydrogen-bond donors (Lipinski definition) is 1. The summed E-state index contributed by atoms with van der Waals surface area (Å²) in [6.45, 7) is 7.44. The predicted molar refractivity (Wildman–Crippen MR) is 122 cm³/mol. The van der Waals surface area contributed by atoms with Crippen molar-refractivity contribution in [1.82, 2.24) is 9.55 Å². The summed E-state index contributed by atoms with van der Waals surface area (Å²) in [6.07, 6.45) is 0. The van der Waals surface area contributed by atoms with Crippen LogP contribution < -0.4 is 20.3 Å². The van der Waals surface area contributed by atoms with Gasteiger partial charge in [0.05, 0.1) is 16.2 Å². The summed E-state index contributed by atoms with van der Waals surface area (Å²) < 4.78 is 12.8. The fraction of sp³-hybridized carbons (Fsp3) is 0.348. The predicted octanol–water partition coefficient (Wildman–Crippen LogP) is 3.94. The van der Waals surface area contributed by atoms with E-state index in [1.165, 1.54) is 11.8 Å². The maximum absolute atomic E-state index is 13.0. The van der Waals surface area contributed by atoms with E-state index in [2.05, 4.69) is 10.3 Å². The van der Waals surface area contributed by atoms with Gasteiger partial charge in [0, 0.05) is 18.3 Å². The van der Waals surface area contributed by atoms with E-state index < -0.39 is 5.25 Å². The second kappa shape index (κ2) is 9.01. The van der Waals surface area contributed by atoms with Crippen LogP contribution in [0.3, 0.4) is 0 Å². The Kier molecular flexibility index (Phi) is 6.18. The van der Waals surface area contributed by atoms with Gasteiger partial charge in [-0.3, -0.25) is 14.2 Å². The molecule has 1 aromatic heterocycles. The number of aromatic nitrogens is 2. The fourth-order valence-corrected chi connectivity index (χ4v) is 4.26. The number of amides is 1. The number of nitrogens with zero attached hydrogens (tertiary/aromatic N) is 2. The van der Waals surface area contributed by atoms with Gasteiger partial charge < -0.3 is 14.8 Å². The van der Waals surface area contributed by atoms with E-state index in [1.807, 2.05) is 32.0 Å². The van der Waals surface area contributed by atoms with Crippen LogP contribution in [0.25, 0.3) is 10.9 Å². The summed E-state index contributed by atoms with van der Waals surface area (Å²) in [7, 11) is 0. The van der Waals surface area contributed by atoms with E-state index in [0.29, 0.717) is 53.0 Å². The molecule has 7 nitrogen and oxygen atoms in total. The van der Waals surface area contributed by atoms with Gasteiger partial charge >= 0.3 is 0 Å². The van der Waals surface area contributed by atoms with E-state index in [1.54, 1.807) is 35.8 Å². The van der Waals surface area contributed by atoms with Crippen molar-refractivity contribution in [2.45, 2.75) is 37.7 Å². The second-order valence-electron chi connectivity index (χ2n) is 7.83. The van der Waals surface area contributed by atoms with Crippen LogP contribution in [-0.4, -0.2) is 33.9 Å². The highest BCUT2D eigenvalue weighted by Crippen LogP contribution is 2.33. The monoisotopic (exact) mass is 439 g/mol. The zero-order valence-corrected chi connectivity index (χ0v) is 18.6. The number of ether oxygens (including phenoxy) is 2. The highest BCUT2D eigenvalue weighted by molar-refractivity contribution is 8.00. The van der Waals surface area contributed by atoms with Gasteiger partial charge in [-0.05, 0) is 37.1 Å². The molecule has 0 saturated heterocycles. The molecule has 1 aliphatic rings. The van der Waals surface area contributed by atoms with Gasteiger partial charge in [0.25, 0.3) is 5.56 Å². The van der Waals surface area contributed by atoms with Crippen LogP contribution in [0.1, 0.15) is 20.8 Å². The molecule has 0 radical (unpaired) electrons. The van der Waals surface area contributed by atoms with Crippen molar-refractivity contribution in [3.05, 3.63) is 52.8 Å². The molecule has 0 unspecified atom stereocenters. The van der Waals surface area contributed by atoms with Crippen LogP contribution in [0.15, 0.2) is 52.4 Å². The highest BCUT2D eigenvalue weighted by atomic mass is 32.2. The van der Waals surface area contributed by atoms with Crippen LogP contribution in [0, 0.1) is 5.92 Å². The Morgan fingerprint density at radius 1 is 1.13 bits per heavy atom. The van der Waals surface area contributed by atoms with E-state index in [4.69, 9.17) is 9.47 Å². The number of para-hydroxylation sites is 1. The summed E-state index contributed by atoms with van der Waals surface area (Å²) in [5.41, 5.74) is 1.18. The van der Waals surface area contributed by atoms with Crippen molar-refractivity contribution in [2.24, 2.45) is 5.92 Å². The molecule has 0 fully saturated rings. The maximum atomic E-state index is 13.0. The number of carbonyl (C=O) groups excluding carboxylic acids is 1. The maximum Gasteiger partial charge on any atom is 0.262 e. The topological polar surface area (TPSA) is 82.5 Å². The SMILES string of the molecule is CC(C)Cn1c(S[C@@H](C)C(=O)Nc2ccc3c(c2)OCCO3)nc2ccccc2c1=O. The van der Waals surface area contributed by atoms with Crippen LogP contribution in [-0.2, 0) is 11.3 Å². The summed E-state index contributed by atoms with van der Waals surface area (Å²) in [4.78, 5) is 30.6. The van der Waals surface area contributed by atoms with E-state index in [9.17, 15) is 9.59 Å². The number of carbonyl (C=O) groups is 1. The highest BCUT2D eigenvalue weighted by Gasteiger charge is 2.21. The molecule has 4 rings (SSSR count). The van der Waals surface area contributed by atoms with Crippen molar-refractivity contribution in [2.75, 3.05) is 18.5 Å². The van der Waals surface area contributed by atoms with E-state index in [-0.39, 0.29) is 17.4 Å². The smallest absolute Gasteiger partial charge is 0.262 e. The average molecular weight is 440 g/mol. The number of fused-ring (bicyclic) bond motifs is 2. The minimum absolute atomic E-state index is 0.0822. The molecule has 0 bridgehead atoms. The molecule has 0 saturated carbocycles. The number of nitrogens with one attached hydrogen (secondary N) is 1. The third-order valence-corrected chi connectivity index (χ3v) is 5.93. The van der Waals surface area contributed by atoms with Gasteiger partial charge in [-0.2, -0.15) is 0 Å². The lowest BCUT2D eigenvalue weighted by Gasteiger charge is -2.20. The van der Waals surface area contributed by atoms with Gasteiger partial charge in [-0.15, -0.1) is 0 Å². The number of anilines is 1. The summed E-state index contributed by atoms with van der Waals surface area (Å²) in [6, 6.07) is 12.6. The normalized spacial score (nSPS) is 13.9. The van der Waals surface area contributed by atoms with E-state index in [0.717, 1.165) is 0 Å². The zero-order valence-electron chi connectivity index (χ0n) is 17.8. The zero-order chi connectivity index (χ0) is 22.0. The van der Waals surface area contributed by atoms with Crippen LogP contribution in [0.4, 0.5) is 5.69 Å². The standard InChI is InChI=1S/C23H25N3O4S/c1-14(2)13-26-22(28)17-6-4-5-7-18(17)25-23(26)31-15(3)21(27)24-16-8-9-19-20(12-16)30-11-10-29-19/h4-9,12,14-15H,10-11,13H2,1-3H3,(H,24,27)/t15-/m0/s1. The van der Waals surface area contributed by atoms with Crippen molar-refractivity contribution >= 4 is 34.3 Å². The Morgan fingerprint density at radius 3 is 2.65 bits per heavy atom. The minimum atomic E-state index is -0.459. The van der Waals surface area contributed by atoms with Crippen molar-refractivity contribution < 1.29 is 14.3 Å². The molecule has 31 heavy (non-hydrogen) atoms. The first-order valence-electron chi connectivity index (χ1n) is 10.3. The first kappa shape index (κ1) is 21.2. The molecule has 162 valence electrons. The average Bonchev–Trinajstić information content (AvgIpc) is 2.76. The molecular weight excluding hydrogens is 414 g/mol. The molecule has 1 aliphatic heterocycles. The Hall–Kier alpha value is -3.00. The third kappa shape index (κ3) is 4.69. The molecule has 8 heteroatoms. The van der Waals surface area contributed by atoms with Gasteiger partial charge in [-0.1, -0.05) is 37.7 Å².